The molecular formula is C23H46O. The van der Waals surface area contributed by atoms with E-state index in [1.165, 1.54) is 89.9 Å². The Labute approximate surface area is 153 Å². The molecule has 0 amide bonds. The van der Waals surface area contributed by atoms with Crippen LogP contribution in [0.15, 0.2) is 11.6 Å². The van der Waals surface area contributed by atoms with Crippen molar-refractivity contribution in [2.75, 3.05) is 0 Å². The molecule has 1 heteroatoms. The number of aliphatic hydroxyl groups excluding tert-OH is 1. The largest absolute Gasteiger partial charge is 0.393 e. The number of aliphatic hydroxyl groups is 1. The maximum Gasteiger partial charge on any atom is 0.0512 e. The van der Waals surface area contributed by atoms with Crippen molar-refractivity contribution >= 4 is 0 Å². The molecule has 0 aromatic rings. The summed E-state index contributed by atoms with van der Waals surface area (Å²) in [5.41, 5.74) is 1.69. The molecule has 1 N–H and O–H groups in total. The van der Waals surface area contributed by atoms with Crippen molar-refractivity contribution in [1.82, 2.24) is 0 Å². The van der Waals surface area contributed by atoms with E-state index >= 15 is 0 Å². The number of hydrogen-bond donors (Lipinski definition) is 1. The van der Waals surface area contributed by atoms with Crippen LogP contribution in [0, 0.1) is 5.92 Å². The number of hydrogen-bond acceptors (Lipinski definition) is 1. The van der Waals surface area contributed by atoms with Crippen LogP contribution in [0.4, 0.5) is 0 Å². The average molecular weight is 339 g/mol. The molecule has 144 valence electrons. The molecule has 0 fully saturated rings. The molecule has 0 spiro atoms. The van der Waals surface area contributed by atoms with Gasteiger partial charge in [-0.1, -0.05) is 89.7 Å². The molecule has 0 aliphatic heterocycles. The summed E-state index contributed by atoms with van der Waals surface area (Å²) in [5.74, 6) is 0.865. The van der Waals surface area contributed by atoms with Crippen LogP contribution < -0.4 is 0 Å². The zero-order valence-corrected chi connectivity index (χ0v) is 17.3. The minimum atomic E-state index is -0.117. The fourth-order valence-electron chi connectivity index (χ4n) is 3.48. The first-order valence-electron chi connectivity index (χ1n) is 10.9. The van der Waals surface area contributed by atoms with Crippen LogP contribution in [0.2, 0.25) is 0 Å². The maximum atomic E-state index is 9.26. The average Bonchev–Trinajstić information content (AvgIpc) is 2.55. The van der Waals surface area contributed by atoms with Crippen LogP contribution in [-0.4, -0.2) is 11.2 Å². The molecule has 0 aromatic carbocycles. The standard InChI is InChI=1S/C23H46O/c1-5-7-8-9-10-14-19-23(6-2)20-15-17-21(3)16-12-11-13-18-22(4)24/h6,21-22,24H,5,7-20H2,1-4H3. The Kier molecular flexibility index (Phi) is 17.3. The molecule has 24 heavy (non-hydrogen) atoms. The summed E-state index contributed by atoms with van der Waals surface area (Å²) in [4.78, 5) is 0. The summed E-state index contributed by atoms with van der Waals surface area (Å²) in [6, 6.07) is 0. The van der Waals surface area contributed by atoms with Crippen molar-refractivity contribution in [3.63, 3.8) is 0 Å². The van der Waals surface area contributed by atoms with E-state index in [0.29, 0.717) is 0 Å². The van der Waals surface area contributed by atoms with Crippen LogP contribution in [0.25, 0.3) is 0 Å². The quantitative estimate of drug-likeness (QED) is 0.212. The van der Waals surface area contributed by atoms with E-state index in [-0.39, 0.29) is 6.10 Å². The van der Waals surface area contributed by atoms with E-state index in [2.05, 4.69) is 26.8 Å². The smallest absolute Gasteiger partial charge is 0.0512 e. The summed E-state index contributed by atoms with van der Waals surface area (Å²) in [7, 11) is 0. The Bertz CT molecular complexity index is 280. The van der Waals surface area contributed by atoms with Gasteiger partial charge in [0.1, 0.15) is 0 Å². The van der Waals surface area contributed by atoms with E-state index in [0.717, 1.165) is 12.3 Å². The van der Waals surface area contributed by atoms with Crippen LogP contribution in [0.5, 0.6) is 0 Å². The highest BCUT2D eigenvalue weighted by molar-refractivity contribution is 4.99. The summed E-state index contributed by atoms with van der Waals surface area (Å²) in [6.45, 7) is 8.82. The Hall–Kier alpha value is -0.300. The first-order chi connectivity index (χ1) is 11.6. The van der Waals surface area contributed by atoms with Gasteiger partial charge in [0.15, 0.2) is 0 Å². The normalized spacial score (nSPS) is 14.8. The molecule has 2 unspecified atom stereocenters. The Morgan fingerprint density at radius 2 is 1.29 bits per heavy atom. The van der Waals surface area contributed by atoms with Gasteiger partial charge in [-0.3, -0.25) is 0 Å². The summed E-state index contributed by atoms with van der Waals surface area (Å²) in [6.07, 6.45) is 22.2. The van der Waals surface area contributed by atoms with Crippen LogP contribution in [0.1, 0.15) is 124 Å². The molecule has 0 bridgehead atoms. The van der Waals surface area contributed by atoms with Gasteiger partial charge < -0.3 is 5.11 Å². The SMILES string of the molecule is CC=C(CCCCCCCC)CCCC(C)CCCCCC(C)O. The lowest BCUT2D eigenvalue weighted by Crippen LogP contribution is -1.99. The fourth-order valence-corrected chi connectivity index (χ4v) is 3.48. The molecule has 0 aliphatic carbocycles. The molecular weight excluding hydrogens is 292 g/mol. The van der Waals surface area contributed by atoms with E-state index in [1.807, 2.05) is 6.92 Å². The zero-order chi connectivity index (χ0) is 18.0. The summed E-state index contributed by atoms with van der Waals surface area (Å²) < 4.78 is 0. The lowest BCUT2D eigenvalue weighted by Gasteiger charge is -2.13. The monoisotopic (exact) mass is 338 g/mol. The minimum absolute atomic E-state index is 0.117. The van der Waals surface area contributed by atoms with Gasteiger partial charge in [0, 0.05) is 0 Å². The van der Waals surface area contributed by atoms with E-state index < -0.39 is 0 Å². The Morgan fingerprint density at radius 3 is 1.96 bits per heavy atom. The second kappa shape index (κ2) is 17.5. The fraction of sp³-hybridized carbons (Fsp3) is 0.913. The number of rotatable bonds is 17. The van der Waals surface area contributed by atoms with Crippen molar-refractivity contribution in [3.05, 3.63) is 11.6 Å². The van der Waals surface area contributed by atoms with Gasteiger partial charge in [-0.25, -0.2) is 0 Å². The zero-order valence-electron chi connectivity index (χ0n) is 17.3. The maximum absolute atomic E-state index is 9.26. The third-order valence-electron chi connectivity index (χ3n) is 5.27. The molecule has 0 aliphatic rings. The highest BCUT2D eigenvalue weighted by Crippen LogP contribution is 2.21. The molecule has 0 saturated carbocycles. The van der Waals surface area contributed by atoms with Gasteiger partial charge in [-0.05, 0) is 51.9 Å². The van der Waals surface area contributed by atoms with E-state index in [1.54, 1.807) is 5.57 Å². The van der Waals surface area contributed by atoms with Gasteiger partial charge in [0.25, 0.3) is 0 Å². The van der Waals surface area contributed by atoms with Crippen molar-refractivity contribution in [2.45, 2.75) is 130 Å². The molecule has 0 heterocycles. The Morgan fingerprint density at radius 1 is 0.750 bits per heavy atom. The van der Waals surface area contributed by atoms with Gasteiger partial charge >= 0.3 is 0 Å². The van der Waals surface area contributed by atoms with Crippen molar-refractivity contribution in [3.8, 4) is 0 Å². The third-order valence-corrected chi connectivity index (χ3v) is 5.27. The number of allylic oxidation sites excluding steroid dienone is 2. The van der Waals surface area contributed by atoms with Gasteiger partial charge in [0.05, 0.1) is 6.10 Å². The molecule has 1 nitrogen and oxygen atoms in total. The number of unbranched alkanes of at least 4 members (excludes halogenated alkanes) is 7. The lowest BCUT2D eigenvalue weighted by atomic mass is 9.94. The van der Waals surface area contributed by atoms with Crippen molar-refractivity contribution < 1.29 is 5.11 Å². The minimum Gasteiger partial charge on any atom is -0.393 e. The predicted molar refractivity (Wildman–Crippen MR) is 110 cm³/mol. The molecule has 0 saturated heterocycles. The van der Waals surface area contributed by atoms with Crippen LogP contribution in [-0.2, 0) is 0 Å². The molecule has 0 aromatic heterocycles. The second-order valence-corrected chi connectivity index (χ2v) is 7.95. The molecule has 2 atom stereocenters. The first-order valence-corrected chi connectivity index (χ1v) is 10.9. The molecule has 0 radical (unpaired) electrons. The second-order valence-electron chi connectivity index (χ2n) is 7.95. The van der Waals surface area contributed by atoms with E-state index in [4.69, 9.17) is 0 Å². The van der Waals surface area contributed by atoms with Gasteiger partial charge in [0.2, 0.25) is 0 Å². The van der Waals surface area contributed by atoms with Crippen molar-refractivity contribution in [2.24, 2.45) is 5.92 Å². The molecule has 0 rings (SSSR count). The van der Waals surface area contributed by atoms with Crippen molar-refractivity contribution in [1.29, 1.82) is 0 Å². The highest BCUT2D eigenvalue weighted by Gasteiger charge is 2.04. The Balaban J connectivity index is 3.53. The van der Waals surface area contributed by atoms with Crippen LogP contribution >= 0.6 is 0 Å². The van der Waals surface area contributed by atoms with E-state index in [9.17, 15) is 5.11 Å². The van der Waals surface area contributed by atoms with Gasteiger partial charge in [-0.15, -0.1) is 0 Å². The third kappa shape index (κ3) is 16.6. The summed E-state index contributed by atoms with van der Waals surface area (Å²) in [5, 5.41) is 9.26. The predicted octanol–water partition coefficient (Wildman–Crippen LogP) is 7.82. The lowest BCUT2D eigenvalue weighted by molar-refractivity contribution is 0.180. The first kappa shape index (κ1) is 23.7. The van der Waals surface area contributed by atoms with Crippen LogP contribution in [0.3, 0.4) is 0 Å². The highest BCUT2D eigenvalue weighted by atomic mass is 16.3. The van der Waals surface area contributed by atoms with Gasteiger partial charge in [-0.2, -0.15) is 0 Å². The summed E-state index contributed by atoms with van der Waals surface area (Å²) >= 11 is 0. The topological polar surface area (TPSA) is 20.2 Å².